The molecular weight excluding hydrogens is 341 g/mol. The number of terminal acetylenes is 1. The van der Waals surface area contributed by atoms with E-state index >= 15 is 0 Å². The molecule has 1 fully saturated rings. The Balaban J connectivity index is 1.73. The standard InChI is InChI=1S/C21H20FN5/c1-3-14-5-4-6-15(9-14)26-21-17-10-18(22)16(11-19(17)24-13-25-21)20-12-23-7-8-27(20)2/h1,4-6,9-11,13,20,23H,7-8,12H2,2H3,(H,24,25,26). The van der Waals surface area contributed by atoms with Crippen molar-refractivity contribution in [2.75, 3.05) is 32.0 Å². The van der Waals surface area contributed by atoms with Gasteiger partial charge in [-0.1, -0.05) is 12.0 Å². The zero-order chi connectivity index (χ0) is 18.8. The van der Waals surface area contributed by atoms with E-state index in [0.29, 0.717) is 28.8 Å². The number of piperazine rings is 1. The van der Waals surface area contributed by atoms with E-state index in [1.54, 1.807) is 0 Å². The van der Waals surface area contributed by atoms with Gasteiger partial charge in [0.05, 0.1) is 5.52 Å². The number of nitrogens with zero attached hydrogens (tertiary/aromatic N) is 3. The van der Waals surface area contributed by atoms with Crippen LogP contribution in [0.4, 0.5) is 15.9 Å². The fourth-order valence-corrected chi connectivity index (χ4v) is 3.42. The molecule has 1 atom stereocenters. The maximum absolute atomic E-state index is 15.0. The summed E-state index contributed by atoms with van der Waals surface area (Å²) in [5.74, 6) is 2.90. The number of likely N-dealkylation sites (N-methyl/N-ethyl adjacent to an activating group) is 1. The molecule has 0 aliphatic carbocycles. The molecule has 136 valence electrons. The maximum Gasteiger partial charge on any atom is 0.141 e. The normalized spacial score (nSPS) is 17.6. The third-order valence-corrected chi connectivity index (χ3v) is 4.92. The lowest BCUT2D eigenvalue weighted by Crippen LogP contribution is -2.44. The van der Waals surface area contributed by atoms with E-state index in [0.717, 1.165) is 24.3 Å². The zero-order valence-electron chi connectivity index (χ0n) is 15.0. The van der Waals surface area contributed by atoms with Gasteiger partial charge in [-0.05, 0) is 37.4 Å². The van der Waals surface area contributed by atoms with Crippen molar-refractivity contribution in [3.05, 3.63) is 59.7 Å². The van der Waals surface area contributed by atoms with Gasteiger partial charge in [0, 0.05) is 47.9 Å². The molecular formula is C21H20FN5. The number of halogens is 1. The molecule has 1 aromatic heterocycles. The molecule has 6 heteroatoms. The molecule has 2 heterocycles. The molecule has 3 aromatic rings. The maximum atomic E-state index is 15.0. The molecule has 4 rings (SSSR count). The summed E-state index contributed by atoms with van der Waals surface area (Å²) in [4.78, 5) is 10.8. The summed E-state index contributed by atoms with van der Waals surface area (Å²) in [6.45, 7) is 2.51. The lowest BCUT2D eigenvalue weighted by atomic mass is 10.0. The lowest BCUT2D eigenvalue weighted by molar-refractivity contribution is 0.198. The Kier molecular flexibility index (Phi) is 4.71. The Bertz CT molecular complexity index is 1030. The molecule has 27 heavy (non-hydrogen) atoms. The van der Waals surface area contributed by atoms with Crippen LogP contribution in [0, 0.1) is 18.2 Å². The van der Waals surface area contributed by atoms with E-state index in [2.05, 4.69) is 31.4 Å². The van der Waals surface area contributed by atoms with Crippen LogP contribution in [0.3, 0.4) is 0 Å². The zero-order valence-corrected chi connectivity index (χ0v) is 15.0. The number of aromatic nitrogens is 2. The van der Waals surface area contributed by atoms with Crippen molar-refractivity contribution in [2.24, 2.45) is 0 Å². The number of anilines is 2. The minimum absolute atomic E-state index is 0.0122. The average Bonchev–Trinajstić information content (AvgIpc) is 2.69. The number of hydrogen-bond donors (Lipinski definition) is 2. The van der Waals surface area contributed by atoms with Gasteiger partial charge in [0.1, 0.15) is 18.0 Å². The summed E-state index contributed by atoms with van der Waals surface area (Å²) >= 11 is 0. The molecule has 1 saturated heterocycles. The van der Waals surface area contributed by atoms with Crippen LogP contribution in [0.15, 0.2) is 42.7 Å². The monoisotopic (exact) mass is 361 g/mol. The van der Waals surface area contributed by atoms with E-state index in [9.17, 15) is 4.39 Å². The van der Waals surface area contributed by atoms with Crippen LogP contribution in [0.1, 0.15) is 17.2 Å². The molecule has 0 radical (unpaired) electrons. The van der Waals surface area contributed by atoms with E-state index in [1.807, 2.05) is 37.4 Å². The van der Waals surface area contributed by atoms with Crippen molar-refractivity contribution in [1.29, 1.82) is 0 Å². The molecule has 0 spiro atoms. The third-order valence-electron chi connectivity index (χ3n) is 4.92. The first-order valence-electron chi connectivity index (χ1n) is 8.84. The Morgan fingerprint density at radius 1 is 1.30 bits per heavy atom. The first-order chi connectivity index (χ1) is 13.2. The van der Waals surface area contributed by atoms with Crippen LogP contribution in [0.5, 0.6) is 0 Å². The Hall–Kier alpha value is -3.01. The summed E-state index contributed by atoms with van der Waals surface area (Å²) in [5.41, 5.74) is 2.91. The highest BCUT2D eigenvalue weighted by Gasteiger charge is 2.24. The molecule has 1 unspecified atom stereocenters. The Morgan fingerprint density at radius 3 is 3.00 bits per heavy atom. The number of rotatable bonds is 3. The fourth-order valence-electron chi connectivity index (χ4n) is 3.42. The summed E-state index contributed by atoms with van der Waals surface area (Å²) in [6, 6.07) is 10.8. The second-order valence-electron chi connectivity index (χ2n) is 6.66. The SMILES string of the molecule is C#Cc1cccc(Nc2ncnc3cc(C4CNCCN4C)c(F)cc23)c1. The van der Waals surface area contributed by atoms with Gasteiger partial charge in [-0.15, -0.1) is 6.42 Å². The van der Waals surface area contributed by atoms with Gasteiger partial charge in [0.15, 0.2) is 0 Å². The van der Waals surface area contributed by atoms with Gasteiger partial charge in [-0.3, -0.25) is 4.90 Å². The molecule has 2 N–H and O–H groups in total. The van der Waals surface area contributed by atoms with Crippen LogP contribution in [0.2, 0.25) is 0 Å². The van der Waals surface area contributed by atoms with Gasteiger partial charge < -0.3 is 10.6 Å². The highest BCUT2D eigenvalue weighted by atomic mass is 19.1. The van der Waals surface area contributed by atoms with E-state index in [1.165, 1.54) is 12.4 Å². The topological polar surface area (TPSA) is 53.1 Å². The van der Waals surface area contributed by atoms with Crippen LogP contribution in [0.25, 0.3) is 10.9 Å². The van der Waals surface area contributed by atoms with Crippen molar-refractivity contribution in [3.8, 4) is 12.3 Å². The van der Waals surface area contributed by atoms with Crippen molar-refractivity contribution in [1.82, 2.24) is 20.2 Å². The second-order valence-corrected chi connectivity index (χ2v) is 6.66. The summed E-state index contributed by atoms with van der Waals surface area (Å²) in [6.07, 6.45) is 6.95. The molecule has 1 aliphatic rings. The van der Waals surface area contributed by atoms with Crippen LogP contribution < -0.4 is 10.6 Å². The number of fused-ring (bicyclic) bond motifs is 1. The summed E-state index contributed by atoms with van der Waals surface area (Å²) in [5, 5.41) is 7.18. The fraction of sp³-hybridized carbons (Fsp3) is 0.238. The van der Waals surface area contributed by atoms with Crippen molar-refractivity contribution in [2.45, 2.75) is 6.04 Å². The number of nitrogens with one attached hydrogen (secondary N) is 2. The Labute approximate surface area is 157 Å². The van der Waals surface area contributed by atoms with E-state index in [-0.39, 0.29) is 11.9 Å². The van der Waals surface area contributed by atoms with Gasteiger partial charge in [0.2, 0.25) is 0 Å². The van der Waals surface area contributed by atoms with Crippen molar-refractivity contribution in [3.63, 3.8) is 0 Å². The molecule has 5 nitrogen and oxygen atoms in total. The predicted molar refractivity (Wildman–Crippen MR) is 105 cm³/mol. The van der Waals surface area contributed by atoms with Crippen LogP contribution in [-0.2, 0) is 0 Å². The average molecular weight is 361 g/mol. The summed E-state index contributed by atoms with van der Waals surface area (Å²) < 4.78 is 15.0. The van der Waals surface area contributed by atoms with Crippen LogP contribution >= 0.6 is 0 Å². The lowest BCUT2D eigenvalue weighted by Gasteiger charge is -2.33. The third kappa shape index (κ3) is 3.47. The van der Waals surface area contributed by atoms with Gasteiger partial charge in [-0.2, -0.15) is 0 Å². The van der Waals surface area contributed by atoms with E-state index < -0.39 is 0 Å². The molecule has 2 aromatic carbocycles. The first kappa shape index (κ1) is 17.4. The molecule has 0 amide bonds. The number of benzene rings is 2. The minimum Gasteiger partial charge on any atom is -0.340 e. The second kappa shape index (κ2) is 7.31. The largest absolute Gasteiger partial charge is 0.340 e. The molecule has 0 saturated carbocycles. The quantitative estimate of drug-likeness (QED) is 0.702. The van der Waals surface area contributed by atoms with Gasteiger partial charge in [-0.25, -0.2) is 14.4 Å². The number of hydrogen-bond acceptors (Lipinski definition) is 5. The van der Waals surface area contributed by atoms with Gasteiger partial charge in [0.25, 0.3) is 0 Å². The molecule has 0 bridgehead atoms. The highest BCUT2D eigenvalue weighted by Crippen LogP contribution is 2.30. The van der Waals surface area contributed by atoms with E-state index in [4.69, 9.17) is 6.42 Å². The predicted octanol–water partition coefficient (Wildman–Crippen LogP) is 3.07. The van der Waals surface area contributed by atoms with Crippen molar-refractivity contribution >= 4 is 22.4 Å². The van der Waals surface area contributed by atoms with Crippen molar-refractivity contribution < 1.29 is 4.39 Å². The first-order valence-corrected chi connectivity index (χ1v) is 8.84. The smallest absolute Gasteiger partial charge is 0.141 e. The Morgan fingerprint density at radius 2 is 2.19 bits per heavy atom. The molecule has 1 aliphatic heterocycles. The minimum atomic E-state index is -0.252. The van der Waals surface area contributed by atoms with Gasteiger partial charge >= 0.3 is 0 Å². The van der Waals surface area contributed by atoms with Crippen LogP contribution in [-0.4, -0.2) is 41.5 Å². The summed E-state index contributed by atoms with van der Waals surface area (Å²) in [7, 11) is 2.01. The highest BCUT2D eigenvalue weighted by molar-refractivity contribution is 5.91.